The third-order valence-corrected chi connectivity index (χ3v) is 6.53. The van der Waals surface area contributed by atoms with Crippen LogP contribution in [0.25, 0.3) is 10.9 Å². The third kappa shape index (κ3) is 3.90. The molecular weight excluding hydrogens is 447 g/mol. The number of hydrogen-bond acceptors (Lipinski definition) is 7. The molecule has 1 N–H and O–H groups in total. The molecule has 156 valence electrons. The molecule has 8 nitrogen and oxygen atoms in total. The number of nitrogens with one attached hydrogen (secondary N) is 1. The van der Waals surface area contributed by atoms with Crippen molar-refractivity contribution in [2.45, 2.75) is 9.79 Å². The number of halogens is 2. The molecule has 0 aliphatic rings. The third-order valence-electron chi connectivity index (χ3n) is 4.44. The highest BCUT2D eigenvalue weighted by Crippen LogP contribution is 2.35. The molecule has 4 aromatic rings. The lowest BCUT2D eigenvalue weighted by molar-refractivity contribution is -0.387. The van der Waals surface area contributed by atoms with E-state index in [0.29, 0.717) is 5.69 Å². The van der Waals surface area contributed by atoms with Crippen molar-refractivity contribution in [3.05, 3.63) is 87.9 Å². The molecule has 0 spiro atoms. The Bertz CT molecular complexity index is 1430. The van der Waals surface area contributed by atoms with Crippen molar-refractivity contribution in [3.63, 3.8) is 0 Å². The number of benzene rings is 3. The Labute approximate surface area is 180 Å². The number of nitrogens with zero attached hydrogens (tertiary/aromatic N) is 3. The highest BCUT2D eigenvalue weighted by Gasteiger charge is 2.29. The lowest BCUT2D eigenvalue weighted by atomic mass is 10.2. The topological polar surface area (TPSA) is 115 Å². The van der Waals surface area contributed by atoms with Gasteiger partial charge in [-0.15, -0.1) is 0 Å². The molecule has 0 aliphatic heterocycles. The van der Waals surface area contributed by atoms with Crippen LogP contribution < -0.4 is 5.32 Å². The Morgan fingerprint density at radius 1 is 1.03 bits per heavy atom. The molecule has 0 atom stereocenters. The average molecular weight is 459 g/mol. The van der Waals surface area contributed by atoms with Crippen LogP contribution in [-0.2, 0) is 9.84 Å². The summed E-state index contributed by atoms with van der Waals surface area (Å²) in [5.41, 5.74) is -0.0628. The number of nitro benzene ring substituents is 1. The van der Waals surface area contributed by atoms with Gasteiger partial charge in [0.2, 0.25) is 9.84 Å². The summed E-state index contributed by atoms with van der Waals surface area (Å²) in [6.45, 7) is 0. The summed E-state index contributed by atoms with van der Waals surface area (Å²) < 4.78 is 39.5. The number of fused-ring (bicyclic) bond motifs is 1. The van der Waals surface area contributed by atoms with Crippen LogP contribution in [-0.4, -0.2) is 23.3 Å². The smallest absolute Gasteiger partial charge is 0.289 e. The van der Waals surface area contributed by atoms with Gasteiger partial charge in [-0.25, -0.2) is 22.8 Å². The Kier molecular flexibility index (Phi) is 5.25. The molecule has 0 amide bonds. The second-order valence-electron chi connectivity index (χ2n) is 6.39. The summed E-state index contributed by atoms with van der Waals surface area (Å²) >= 11 is 5.79. The quantitative estimate of drug-likeness (QED) is 0.334. The van der Waals surface area contributed by atoms with E-state index in [1.807, 2.05) is 0 Å². The van der Waals surface area contributed by atoms with E-state index in [-0.39, 0.29) is 26.6 Å². The van der Waals surface area contributed by atoms with Crippen molar-refractivity contribution in [1.29, 1.82) is 0 Å². The summed E-state index contributed by atoms with van der Waals surface area (Å²) in [5.74, 6) is -0.439. The van der Waals surface area contributed by atoms with Crippen molar-refractivity contribution in [2.75, 3.05) is 5.32 Å². The van der Waals surface area contributed by atoms with E-state index < -0.39 is 31.2 Å². The van der Waals surface area contributed by atoms with Crippen molar-refractivity contribution < 1.29 is 17.7 Å². The predicted molar refractivity (Wildman–Crippen MR) is 113 cm³/mol. The van der Waals surface area contributed by atoms with E-state index in [1.54, 1.807) is 6.07 Å². The number of rotatable bonds is 5. The summed E-state index contributed by atoms with van der Waals surface area (Å²) in [4.78, 5) is 18.5. The van der Waals surface area contributed by atoms with Gasteiger partial charge in [-0.2, -0.15) is 0 Å². The van der Waals surface area contributed by atoms with Crippen LogP contribution in [0.4, 0.5) is 21.6 Å². The van der Waals surface area contributed by atoms with Crippen LogP contribution in [0.3, 0.4) is 0 Å². The van der Waals surface area contributed by atoms with Crippen molar-refractivity contribution in [2.24, 2.45) is 0 Å². The van der Waals surface area contributed by atoms with E-state index in [2.05, 4.69) is 15.3 Å². The molecule has 0 fully saturated rings. The predicted octanol–water partition coefficient (Wildman–Crippen LogP) is 4.91. The first-order valence-corrected chi connectivity index (χ1v) is 10.6. The SMILES string of the molecule is O=[N+]([O-])c1cc2c(Nc3ccc(F)c(Cl)c3)ncnc2cc1S(=O)(=O)c1ccccc1. The summed E-state index contributed by atoms with van der Waals surface area (Å²) in [6, 6.07) is 13.5. The zero-order valence-electron chi connectivity index (χ0n) is 15.5. The summed E-state index contributed by atoms with van der Waals surface area (Å²) in [5, 5.41) is 14.7. The first kappa shape index (κ1) is 20.6. The minimum absolute atomic E-state index is 0.0780. The van der Waals surface area contributed by atoms with Gasteiger partial charge in [0, 0.05) is 17.1 Å². The molecule has 0 bridgehead atoms. The molecule has 31 heavy (non-hydrogen) atoms. The maximum atomic E-state index is 13.4. The number of sulfone groups is 1. The van der Waals surface area contributed by atoms with Crippen molar-refractivity contribution >= 4 is 49.5 Å². The Hall–Kier alpha value is -3.63. The van der Waals surface area contributed by atoms with Gasteiger partial charge in [0.05, 0.1) is 20.4 Å². The second-order valence-corrected chi connectivity index (χ2v) is 8.71. The van der Waals surface area contributed by atoms with E-state index >= 15 is 0 Å². The van der Waals surface area contributed by atoms with E-state index in [9.17, 15) is 22.9 Å². The highest BCUT2D eigenvalue weighted by molar-refractivity contribution is 7.91. The highest BCUT2D eigenvalue weighted by atomic mass is 35.5. The molecule has 0 aliphatic carbocycles. The number of hydrogen-bond donors (Lipinski definition) is 1. The fraction of sp³-hybridized carbons (Fsp3) is 0. The van der Waals surface area contributed by atoms with Gasteiger partial charge >= 0.3 is 0 Å². The maximum absolute atomic E-state index is 13.4. The minimum Gasteiger partial charge on any atom is -0.340 e. The molecule has 0 radical (unpaired) electrons. The molecular formula is C20H12ClFN4O4S. The molecule has 11 heteroatoms. The summed E-state index contributed by atoms with van der Waals surface area (Å²) in [7, 11) is -4.17. The van der Waals surface area contributed by atoms with Gasteiger partial charge in [-0.1, -0.05) is 29.8 Å². The lowest BCUT2D eigenvalue weighted by Gasteiger charge is -2.11. The number of anilines is 2. The van der Waals surface area contributed by atoms with Gasteiger partial charge in [-0.3, -0.25) is 10.1 Å². The zero-order chi connectivity index (χ0) is 22.2. The van der Waals surface area contributed by atoms with Crippen LogP contribution in [0.5, 0.6) is 0 Å². The fourth-order valence-electron chi connectivity index (χ4n) is 2.97. The zero-order valence-corrected chi connectivity index (χ0v) is 17.1. The molecule has 0 saturated heterocycles. The Morgan fingerprint density at radius 3 is 2.45 bits per heavy atom. The van der Waals surface area contributed by atoms with Gasteiger partial charge < -0.3 is 5.32 Å². The number of nitro groups is 1. The van der Waals surface area contributed by atoms with Crippen LogP contribution in [0.15, 0.2) is 76.8 Å². The normalized spacial score (nSPS) is 11.4. The first-order valence-electron chi connectivity index (χ1n) is 8.73. The Morgan fingerprint density at radius 2 is 1.77 bits per heavy atom. The van der Waals surface area contributed by atoms with Crippen LogP contribution in [0, 0.1) is 15.9 Å². The summed E-state index contributed by atoms with van der Waals surface area (Å²) in [6.07, 6.45) is 1.18. The Balaban J connectivity index is 1.89. The standard InChI is InChI=1S/C20H12ClFN4O4S/c21-15-8-12(6-7-16(15)22)25-20-14-9-18(26(27)28)19(10-17(14)23-11-24-20)31(29,30)13-4-2-1-3-5-13/h1-11H,(H,23,24,25). The molecule has 3 aromatic carbocycles. The molecule has 1 aromatic heterocycles. The van der Waals surface area contributed by atoms with Crippen molar-refractivity contribution in [3.8, 4) is 0 Å². The molecule has 1 heterocycles. The van der Waals surface area contributed by atoms with Crippen molar-refractivity contribution in [1.82, 2.24) is 9.97 Å². The molecule has 4 rings (SSSR count). The van der Waals surface area contributed by atoms with Gasteiger partial charge in [-0.05, 0) is 36.4 Å². The van der Waals surface area contributed by atoms with Gasteiger partial charge in [0.15, 0.2) is 4.90 Å². The van der Waals surface area contributed by atoms with Gasteiger partial charge in [0.1, 0.15) is 18.0 Å². The minimum atomic E-state index is -4.17. The van der Waals surface area contributed by atoms with Crippen LogP contribution in [0.1, 0.15) is 0 Å². The van der Waals surface area contributed by atoms with Crippen LogP contribution >= 0.6 is 11.6 Å². The molecule has 0 unspecified atom stereocenters. The first-order chi connectivity index (χ1) is 14.8. The lowest BCUT2D eigenvalue weighted by Crippen LogP contribution is -2.07. The van der Waals surface area contributed by atoms with E-state index in [4.69, 9.17) is 11.6 Å². The largest absolute Gasteiger partial charge is 0.340 e. The number of aromatic nitrogens is 2. The van der Waals surface area contributed by atoms with E-state index in [1.165, 1.54) is 42.7 Å². The molecule has 0 saturated carbocycles. The second kappa shape index (κ2) is 7.89. The van der Waals surface area contributed by atoms with Crippen LogP contribution in [0.2, 0.25) is 5.02 Å². The average Bonchev–Trinajstić information content (AvgIpc) is 2.76. The fourth-order valence-corrected chi connectivity index (χ4v) is 4.59. The maximum Gasteiger partial charge on any atom is 0.289 e. The van der Waals surface area contributed by atoms with Gasteiger partial charge in [0.25, 0.3) is 5.69 Å². The monoisotopic (exact) mass is 458 g/mol. The van der Waals surface area contributed by atoms with E-state index in [0.717, 1.165) is 18.2 Å².